The van der Waals surface area contributed by atoms with Crippen LogP contribution in [-0.2, 0) is 0 Å². The summed E-state index contributed by atoms with van der Waals surface area (Å²) in [4.78, 5) is 16.4. The van der Waals surface area contributed by atoms with Crippen molar-refractivity contribution in [1.82, 2.24) is 9.88 Å². The molecule has 0 spiro atoms. The van der Waals surface area contributed by atoms with E-state index in [1.54, 1.807) is 0 Å². The van der Waals surface area contributed by atoms with Crippen molar-refractivity contribution < 1.29 is 36.6 Å². The Hall–Kier alpha value is -2.91. The minimum atomic E-state index is -5.10. The van der Waals surface area contributed by atoms with Gasteiger partial charge in [0.25, 0.3) is 0 Å². The zero-order valence-corrected chi connectivity index (χ0v) is 14.2. The summed E-state index contributed by atoms with van der Waals surface area (Å²) in [5, 5.41) is 9.51. The van der Waals surface area contributed by atoms with Crippen LogP contribution in [0, 0.1) is 11.6 Å². The Balaban J connectivity index is 2.59. The molecule has 1 atom stereocenters. The minimum Gasteiger partial charge on any atom is -0.465 e. The fraction of sp³-hybridized carbons (Fsp3) is 0.294. The lowest BCUT2D eigenvalue weighted by atomic mass is 9.99. The number of benzene rings is 1. The Morgan fingerprint density at radius 3 is 2.33 bits per heavy atom. The number of amides is 1. The average molecular weight is 390 g/mol. The molecule has 1 aromatic heterocycles. The Morgan fingerprint density at radius 2 is 1.85 bits per heavy atom. The van der Waals surface area contributed by atoms with Crippen molar-refractivity contribution in [3.63, 3.8) is 0 Å². The smallest absolute Gasteiger partial charge is 0.465 e. The molecule has 27 heavy (non-hydrogen) atoms. The number of carboxylic acid groups (broad SMARTS) is 1. The van der Waals surface area contributed by atoms with E-state index in [1.807, 2.05) is 0 Å². The maximum absolute atomic E-state index is 14.3. The van der Waals surface area contributed by atoms with Crippen molar-refractivity contribution in [3.05, 3.63) is 59.4 Å². The molecule has 1 amide bonds. The highest BCUT2D eigenvalue weighted by molar-refractivity contribution is 5.67. The highest BCUT2D eigenvalue weighted by atomic mass is 19.4. The number of nitrogens with zero attached hydrogens (tertiary/aromatic N) is 2. The first kappa shape index (κ1) is 20.4. The molecule has 0 unspecified atom stereocenters. The van der Waals surface area contributed by atoms with Gasteiger partial charge in [0.05, 0.1) is 0 Å². The van der Waals surface area contributed by atoms with Gasteiger partial charge in [-0.2, -0.15) is 0 Å². The molecule has 1 heterocycles. The maximum Gasteiger partial charge on any atom is 0.573 e. The second kappa shape index (κ2) is 7.77. The maximum atomic E-state index is 14.3. The Kier molecular flexibility index (Phi) is 5.87. The van der Waals surface area contributed by atoms with Gasteiger partial charge in [-0.05, 0) is 43.7 Å². The highest BCUT2D eigenvalue weighted by Crippen LogP contribution is 2.34. The Labute approximate surface area is 151 Å². The van der Waals surface area contributed by atoms with E-state index in [0.717, 1.165) is 17.0 Å². The average Bonchev–Trinajstić information content (AvgIpc) is 2.53. The van der Waals surface area contributed by atoms with E-state index in [0.29, 0.717) is 12.1 Å². The molecule has 1 aromatic carbocycles. The first-order chi connectivity index (χ1) is 12.5. The van der Waals surface area contributed by atoms with E-state index in [4.69, 9.17) is 0 Å². The molecule has 0 aliphatic heterocycles. The van der Waals surface area contributed by atoms with Gasteiger partial charge in [-0.1, -0.05) is 6.07 Å². The van der Waals surface area contributed by atoms with Crippen molar-refractivity contribution >= 4 is 6.09 Å². The molecular formula is C17H15F5N2O3. The second-order valence-electron chi connectivity index (χ2n) is 5.79. The summed E-state index contributed by atoms with van der Waals surface area (Å²) in [6.07, 6.45) is -5.31. The largest absolute Gasteiger partial charge is 0.573 e. The molecule has 0 radical (unpaired) electrons. The zero-order valence-electron chi connectivity index (χ0n) is 14.2. The first-order valence-electron chi connectivity index (χ1n) is 7.68. The van der Waals surface area contributed by atoms with Gasteiger partial charge in [-0.15, -0.1) is 13.2 Å². The van der Waals surface area contributed by atoms with Crippen molar-refractivity contribution in [2.45, 2.75) is 32.3 Å². The summed E-state index contributed by atoms with van der Waals surface area (Å²) in [5.74, 6) is -3.30. The third-order valence-corrected chi connectivity index (χ3v) is 3.60. The Bertz CT molecular complexity index is 826. The van der Waals surface area contributed by atoms with Gasteiger partial charge in [0.2, 0.25) is 0 Å². The molecule has 146 valence electrons. The fourth-order valence-electron chi connectivity index (χ4n) is 2.57. The van der Waals surface area contributed by atoms with Crippen LogP contribution >= 0.6 is 0 Å². The van der Waals surface area contributed by atoms with E-state index in [1.165, 1.54) is 26.1 Å². The summed E-state index contributed by atoms with van der Waals surface area (Å²) < 4.78 is 68.9. The van der Waals surface area contributed by atoms with E-state index in [2.05, 4.69) is 9.72 Å². The van der Waals surface area contributed by atoms with Crippen LogP contribution in [0.3, 0.4) is 0 Å². The fourth-order valence-corrected chi connectivity index (χ4v) is 2.57. The molecule has 0 saturated heterocycles. The molecule has 2 rings (SSSR count). The number of carbonyl (C=O) groups is 1. The van der Waals surface area contributed by atoms with Gasteiger partial charge in [0.15, 0.2) is 11.6 Å². The number of halogens is 5. The molecule has 2 aromatic rings. The summed E-state index contributed by atoms with van der Waals surface area (Å²) in [6, 6.07) is 2.69. The van der Waals surface area contributed by atoms with E-state index >= 15 is 0 Å². The number of pyridine rings is 1. The standard InChI is InChI=1S/C17H15F5N2O3/c1-9(2)24(16(25)26)15(14-11(18)4-3-7-23-14)10-5-6-13(12(19)8-10)27-17(20,21)22/h3-9,15H,1-2H3,(H,25,26)/t15-/m0/s1. The molecule has 0 aliphatic carbocycles. The second-order valence-corrected chi connectivity index (χ2v) is 5.79. The summed E-state index contributed by atoms with van der Waals surface area (Å²) in [6.45, 7) is 3.03. The number of rotatable bonds is 5. The molecule has 0 aliphatic rings. The van der Waals surface area contributed by atoms with Crippen molar-refractivity contribution in [1.29, 1.82) is 0 Å². The predicted molar refractivity (Wildman–Crippen MR) is 84.1 cm³/mol. The third-order valence-electron chi connectivity index (χ3n) is 3.60. The van der Waals surface area contributed by atoms with Crippen LogP contribution in [-0.4, -0.2) is 33.5 Å². The summed E-state index contributed by atoms with van der Waals surface area (Å²) >= 11 is 0. The van der Waals surface area contributed by atoms with Crippen LogP contribution in [0.15, 0.2) is 36.5 Å². The van der Waals surface area contributed by atoms with Crippen LogP contribution in [0.25, 0.3) is 0 Å². The number of aromatic nitrogens is 1. The van der Waals surface area contributed by atoms with Gasteiger partial charge >= 0.3 is 12.5 Å². The topological polar surface area (TPSA) is 62.7 Å². The molecule has 10 heteroatoms. The Morgan fingerprint density at radius 1 is 1.19 bits per heavy atom. The number of hydrogen-bond donors (Lipinski definition) is 1. The molecule has 1 N–H and O–H groups in total. The summed E-state index contributed by atoms with van der Waals surface area (Å²) in [7, 11) is 0. The van der Waals surface area contributed by atoms with Crippen LogP contribution in [0.4, 0.5) is 26.7 Å². The van der Waals surface area contributed by atoms with Crippen LogP contribution in [0.5, 0.6) is 5.75 Å². The van der Waals surface area contributed by atoms with Gasteiger partial charge in [0, 0.05) is 12.2 Å². The number of alkyl halides is 3. The third kappa shape index (κ3) is 4.83. The molecule has 0 bridgehead atoms. The van der Waals surface area contributed by atoms with E-state index < -0.39 is 41.9 Å². The van der Waals surface area contributed by atoms with Gasteiger partial charge in [-0.25, -0.2) is 13.6 Å². The van der Waals surface area contributed by atoms with Gasteiger partial charge < -0.3 is 9.84 Å². The first-order valence-corrected chi connectivity index (χ1v) is 7.68. The SMILES string of the molecule is CC(C)N(C(=O)O)[C@@H](c1ccc(OC(F)(F)F)c(F)c1)c1ncccc1F. The van der Waals surface area contributed by atoms with Crippen molar-refractivity contribution in [2.24, 2.45) is 0 Å². The summed E-state index contributed by atoms with van der Waals surface area (Å²) in [5.41, 5.74) is -0.409. The lowest BCUT2D eigenvalue weighted by molar-refractivity contribution is -0.275. The molecule has 0 fully saturated rings. The zero-order chi connectivity index (χ0) is 20.4. The minimum absolute atomic E-state index is 0.101. The number of hydrogen-bond acceptors (Lipinski definition) is 3. The van der Waals surface area contributed by atoms with Crippen molar-refractivity contribution in [2.75, 3.05) is 0 Å². The lowest BCUT2D eigenvalue weighted by Gasteiger charge is -2.32. The predicted octanol–water partition coefficient (Wildman–Crippen LogP) is 4.74. The molecule has 5 nitrogen and oxygen atoms in total. The lowest BCUT2D eigenvalue weighted by Crippen LogP contribution is -2.40. The van der Waals surface area contributed by atoms with Gasteiger partial charge in [0.1, 0.15) is 17.6 Å². The van der Waals surface area contributed by atoms with E-state index in [9.17, 15) is 31.9 Å². The van der Waals surface area contributed by atoms with E-state index in [-0.39, 0.29) is 11.3 Å². The van der Waals surface area contributed by atoms with Crippen molar-refractivity contribution in [3.8, 4) is 5.75 Å². The monoisotopic (exact) mass is 390 g/mol. The molecule has 0 saturated carbocycles. The van der Waals surface area contributed by atoms with Crippen LogP contribution < -0.4 is 4.74 Å². The van der Waals surface area contributed by atoms with Crippen LogP contribution in [0.1, 0.15) is 31.1 Å². The van der Waals surface area contributed by atoms with Crippen LogP contribution in [0.2, 0.25) is 0 Å². The normalized spacial score (nSPS) is 12.7. The quantitative estimate of drug-likeness (QED) is 0.750. The van der Waals surface area contributed by atoms with Gasteiger partial charge in [-0.3, -0.25) is 9.88 Å². The number of ether oxygens (including phenoxy) is 1. The highest BCUT2D eigenvalue weighted by Gasteiger charge is 2.35. The molecular weight excluding hydrogens is 375 g/mol.